The Morgan fingerprint density at radius 1 is 0.722 bits per heavy atom. The van der Waals surface area contributed by atoms with Crippen molar-refractivity contribution in [3.63, 3.8) is 0 Å². The predicted octanol–water partition coefficient (Wildman–Crippen LogP) is 6.45. The molecule has 0 saturated heterocycles. The van der Waals surface area contributed by atoms with Gasteiger partial charge in [-0.2, -0.15) is 0 Å². The van der Waals surface area contributed by atoms with Gasteiger partial charge in [0, 0.05) is 18.1 Å². The van der Waals surface area contributed by atoms with E-state index >= 15 is 0 Å². The number of nitrogens with one attached hydrogen (secondary N) is 1. The lowest BCUT2D eigenvalue weighted by molar-refractivity contribution is -0.132. The summed E-state index contributed by atoms with van der Waals surface area (Å²) in [5, 5.41) is 17.1. The number of esters is 1. The first-order valence-corrected chi connectivity index (χ1v) is 11.5. The molecular formula is C31H23NO4. The number of hydrogen-bond donors (Lipinski definition) is 2. The normalized spacial score (nSPS) is 11.4. The Morgan fingerprint density at radius 3 is 1.97 bits per heavy atom. The Kier molecular flexibility index (Phi) is 6.20. The van der Waals surface area contributed by atoms with Crippen molar-refractivity contribution in [3.05, 3.63) is 114 Å². The molecule has 5 aromatic carbocycles. The fraction of sp³-hybridized carbons (Fsp3) is 0.0323. The molecule has 2 N–H and O–H groups in total. The Bertz CT molecular complexity index is 1640. The summed E-state index contributed by atoms with van der Waals surface area (Å²) >= 11 is 0. The van der Waals surface area contributed by atoms with Crippen LogP contribution in [0.15, 0.2) is 109 Å². The number of phenolic OH excluding ortho intramolecular Hbond substituents is 1. The van der Waals surface area contributed by atoms with Crippen LogP contribution in [0, 0.1) is 0 Å². The highest BCUT2D eigenvalue weighted by molar-refractivity contribution is 6.10. The minimum atomic E-state index is -0.717. The van der Waals surface area contributed by atoms with Gasteiger partial charge in [0.25, 0.3) is 0 Å². The third kappa shape index (κ3) is 4.55. The molecule has 0 radical (unpaired) electrons. The number of ether oxygens (including phenoxy) is 1. The smallest absolute Gasteiger partial charge is 0.360 e. The lowest BCUT2D eigenvalue weighted by Gasteiger charge is -2.17. The van der Waals surface area contributed by atoms with Crippen LogP contribution in [0.3, 0.4) is 0 Å². The van der Waals surface area contributed by atoms with Crippen molar-refractivity contribution in [2.75, 3.05) is 0 Å². The van der Waals surface area contributed by atoms with Gasteiger partial charge in [-0.05, 0) is 45.3 Å². The zero-order valence-electron chi connectivity index (χ0n) is 19.6. The van der Waals surface area contributed by atoms with Crippen molar-refractivity contribution in [2.24, 2.45) is 0 Å². The lowest BCUT2D eigenvalue weighted by atomic mass is 9.92. The van der Waals surface area contributed by atoms with Crippen LogP contribution in [0.25, 0.3) is 38.7 Å². The third-order valence-electron chi connectivity index (χ3n) is 5.89. The van der Waals surface area contributed by atoms with E-state index < -0.39 is 5.97 Å². The first-order valence-electron chi connectivity index (χ1n) is 11.5. The van der Waals surface area contributed by atoms with E-state index in [1.54, 1.807) is 18.2 Å². The number of fused-ring (bicyclic) bond motifs is 2. The molecule has 0 heterocycles. The molecule has 0 fully saturated rings. The molecule has 176 valence electrons. The average molecular weight is 474 g/mol. The van der Waals surface area contributed by atoms with E-state index in [-0.39, 0.29) is 23.1 Å². The standard InChI is InChI=1S/C31H23NO4/c1-20(33)32-26(19-21-9-3-2-4-10-21)31(35)36-28-18-16-23-12-6-8-14-25(23)30(28)29-24-13-7-5-11-22(24)15-17-27(29)34/h2-19,34H,1H3,(H,32,33)/b26-19-. The number of benzene rings is 5. The molecule has 0 atom stereocenters. The second-order valence-electron chi connectivity index (χ2n) is 8.38. The van der Waals surface area contributed by atoms with Crippen LogP contribution in [0.1, 0.15) is 12.5 Å². The van der Waals surface area contributed by atoms with Gasteiger partial charge in [-0.25, -0.2) is 4.79 Å². The highest BCUT2D eigenvalue weighted by Crippen LogP contribution is 2.45. The molecule has 5 rings (SSSR count). The molecule has 0 bridgehead atoms. The maximum absolute atomic E-state index is 13.4. The molecule has 0 aliphatic heterocycles. The van der Waals surface area contributed by atoms with Crippen LogP contribution in [-0.4, -0.2) is 17.0 Å². The molecule has 0 saturated carbocycles. The van der Waals surface area contributed by atoms with Gasteiger partial charge in [0.1, 0.15) is 17.2 Å². The number of phenols is 1. The summed E-state index contributed by atoms with van der Waals surface area (Å²) in [4.78, 5) is 25.2. The maximum atomic E-state index is 13.4. The molecule has 0 spiro atoms. The van der Waals surface area contributed by atoms with Gasteiger partial charge in [0.2, 0.25) is 5.91 Å². The molecule has 36 heavy (non-hydrogen) atoms. The quantitative estimate of drug-likeness (QED) is 0.175. The maximum Gasteiger partial charge on any atom is 0.360 e. The summed E-state index contributed by atoms with van der Waals surface area (Å²) in [5.41, 5.74) is 1.91. The van der Waals surface area contributed by atoms with E-state index in [0.717, 1.165) is 27.1 Å². The van der Waals surface area contributed by atoms with Gasteiger partial charge >= 0.3 is 5.97 Å². The summed E-state index contributed by atoms with van der Waals surface area (Å²) in [5.74, 6) is -0.760. The lowest BCUT2D eigenvalue weighted by Crippen LogP contribution is -2.27. The van der Waals surface area contributed by atoms with Crippen LogP contribution in [0.2, 0.25) is 0 Å². The van der Waals surface area contributed by atoms with E-state index in [2.05, 4.69) is 5.32 Å². The van der Waals surface area contributed by atoms with Crippen molar-refractivity contribution in [1.29, 1.82) is 0 Å². The molecule has 1 amide bonds. The van der Waals surface area contributed by atoms with Crippen LogP contribution in [0.5, 0.6) is 11.5 Å². The molecule has 0 unspecified atom stereocenters. The first kappa shape index (κ1) is 22.9. The fourth-order valence-corrected chi connectivity index (χ4v) is 4.32. The van der Waals surface area contributed by atoms with Crippen molar-refractivity contribution >= 4 is 39.5 Å². The Balaban J connectivity index is 1.68. The number of carbonyl (C=O) groups is 2. The van der Waals surface area contributed by atoms with Crippen LogP contribution < -0.4 is 10.1 Å². The van der Waals surface area contributed by atoms with Crippen molar-refractivity contribution in [1.82, 2.24) is 5.32 Å². The van der Waals surface area contributed by atoms with Gasteiger partial charge in [-0.1, -0.05) is 91.0 Å². The number of hydrogen-bond acceptors (Lipinski definition) is 4. The van der Waals surface area contributed by atoms with Crippen LogP contribution in [-0.2, 0) is 9.59 Å². The summed E-state index contributed by atoms with van der Waals surface area (Å²) < 4.78 is 5.91. The minimum Gasteiger partial charge on any atom is -0.507 e. The highest BCUT2D eigenvalue weighted by atomic mass is 16.5. The van der Waals surface area contributed by atoms with Crippen molar-refractivity contribution in [2.45, 2.75) is 6.92 Å². The van der Waals surface area contributed by atoms with Gasteiger partial charge in [-0.3, -0.25) is 4.79 Å². The van der Waals surface area contributed by atoms with Crippen molar-refractivity contribution < 1.29 is 19.4 Å². The van der Waals surface area contributed by atoms with E-state index in [4.69, 9.17) is 4.74 Å². The van der Waals surface area contributed by atoms with Gasteiger partial charge < -0.3 is 15.2 Å². The first-order chi connectivity index (χ1) is 17.5. The summed E-state index contributed by atoms with van der Waals surface area (Å²) in [6, 6.07) is 31.7. The van der Waals surface area contributed by atoms with Crippen LogP contribution in [0.4, 0.5) is 0 Å². The third-order valence-corrected chi connectivity index (χ3v) is 5.89. The number of amides is 1. The number of rotatable bonds is 5. The second-order valence-corrected chi connectivity index (χ2v) is 8.38. The molecule has 0 aliphatic carbocycles. The Morgan fingerprint density at radius 2 is 1.31 bits per heavy atom. The van der Waals surface area contributed by atoms with Gasteiger partial charge in [-0.15, -0.1) is 0 Å². The average Bonchev–Trinajstić information content (AvgIpc) is 2.89. The van der Waals surface area contributed by atoms with E-state index in [1.165, 1.54) is 6.92 Å². The fourth-order valence-electron chi connectivity index (χ4n) is 4.32. The summed E-state index contributed by atoms with van der Waals surface area (Å²) in [6.07, 6.45) is 1.57. The summed E-state index contributed by atoms with van der Waals surface area (Å²) in [7, 11) is 0. The zero-order chi connectivity index (χ0) is 25.1. The predicted molar refractivity (Wildman–Crippen MR) is 142 cm³/mol. The molecule has 0 aromatic heterocycles. The highest BCUT2D eigenvalue weighted by Gasteiger charge is 2.21. The van der Waals surface area contributed by atoms with E-state index in [0.29, 0.717) is 11.1 Å². The Hall–Kier alpha value is -4.90. The molecule has 5 heteroatoms. The number of carbonyl (C=O) groups excluding carboxylic acids is 2. The molecule has 5 nitrogen and oxygen atoms in total. The SMILES string of the molecule is CC(=O)N/C(=C\c1ccccc1)C(=O)Oc1ccc2ccccc2c1-c1c(O)ccc2ccccc12. The van der Waals surface area contributed by atoms with E-state index in [9.17, 15) is 14.7 Å². The van der Waals surface area contributed by atoms with E-state index in [1.807, 2.05) is 91.0 Å². The largest absolute Gasteiger partial charge is 0.507 e. The number of aromatic hydroxyl groups is 1. The molecular weight excluding hydrogens is 450 g/mol. The van der Waals surface area contributed by atoms with Gasteiger partial charge in [0.05, 0.1) is 0 Å². The second kappa shape index (κ2) is 9.76. The summed E-state index contributed by atoms with van der Waals surface area (Å²) in [6.45, 7) is 1.34. The molecule has 0 aliphatic rings. The zero-order valence-corrected chi connectivity index (χ0v) is 19.6. The Labute approximate surface area is 208 Å². The minimum absolute atomic E-state index is 0.00921. The molecule has 5 aromatic rings. The van der Waals surface area contributed by atoms with Crippen LogP contribution >= 0.6 is 0 Å². The van der Waals surface area contributed by atoms with Gasteiger partial charge in [0.15, 0.2) is 0 Å². The topological polar surface area (TPSA) is 75.6 Å². The van der Waals surface area contributed by atoms with Crippen molar-refractivity contribution in [3.8, 4) is 22.6 Å². The monoisotopic (exact) mass is 473 g/mol.